The van der Waals surface area contributed by atoms with E-state index in [9.17, 15) is 22.8 Å². The maximum Gasteiger partial charge on any atom is 0.418 e. The molecule has 0 spiro atoms. The number of aromatic amines is 1. The molecule has 3 rings (SSSR count). The number of alkyl carbamates (subject to hydrolysis) is 1. The van der Waals surface area contributed by atoms with E-state index < -0.39 is 29.3 Å². The largest absolute Gasteiger partial charge is 0.447 e. The number of fused-ring (bicyclic) bond motifs is 3. The summed E-state index contributed by atoms with van der Waals surface area (Å²) >= 11 is 6.78. The molecule has 2 aromatic heterocycles. The lowest BCUT2D eigenvalue weighted by Gasteiger charge is -2.26. The van der Waals surface area contributed by atoms with Crippen LogP contribution in [0.15, 0.2) is 47.9 Å². The first-order valence-corrected chi connectivity index (χ1v) is 11.7. The summed E-state index contributed by atoms with van der Waals surface area (Å²) in [6.07, 6.45) is -2.87. The lowest BCUT2D eigenvalue weighted by Crippen LogP contribution is -2.49. The molecule has 10 nitrogen and oxygen atoms in total. The summed E-state index contributed by atoms with van der Waals surface area (Å²) < 4.78 is 45.8. The Morgan fingerprint density at radius 1 is 1.32 bits per heavy atom. The molecule has 0 bridgehead atoms. The number of amides is 2. The maximum absolute atomic E-state index is 13.6. The number of carbonyl (C=O) groups is 2. The highest BCUT2D eigenvalue weighted by Gasteiger charge is 2.36. The van der Waals surface area contributed by atoms with Crippen molar-refractivity contribution in [3.63, 3.8) is 0 Å². The number of carbonyl (C=O) groups excluding carboxylic acids is 2. The number of aliphatic hydroxyl groups is 1. The SMILES string of the molecule is C=C(/C=C(/NC(=O)OCCO)C(=C)Cl)NC(C)(C)C(=O)Nc1nc2c(C(F)(F)F)cc3[nH]ncc3c2s1. The number of aliphatic hydroxyl groups excluding tert-OH is 1. The molecule has 0 unspecified atom stereocenters. The number of allylic oxidation sites excluding steroid dienone is 2. The Balaban J connectivity index is 1.80. The van der Waals surface area contributed by atoms with Crippen LogP contribution in [-0.4, -0.2) is 51.0 Å². The molecule has 2 amide bonds. The van der Waals surface area contributed by atoms with Crippen LogP contribution in [0.25, 0.3) is 21.1 Å². The molecule has 0 fully saturated rings. The van der Waals surface area contributed by atoms with Crippen molar-refractivity contribution in [2.75, 3.05) is 18.5 Å². The smallest absolute Gasteiger partial charge is 0.418 e. The number of nitrogens with one attached hydrogen (secondary N) is 4. The zero-order valence-electron chi connectivity index (χ0n) is 19.5. The second-order valence-corrected chi connectivity index (χ2v) is 9.58. The third-order valence-electron chi connectivity index (χ3n) is 4.82. The Labute approximate surface area is 217 Å². The van der Waals surface area contributed by atoms with Gasteiger partial charge in [0, 0.05) is 11.1 Å². The number of alkyl halides is 3. The van der Waals surface area contributed by atoms with Crippen molar-refractivity contribution in [1.29, 1.82) is 0 Å². The zero-order chi connectivity index (χ0) is 27.5. The van der Waals surface area contributed by atoms with E-state index in [4.69, 9.17) is 21.4 Å². The zero-order valence-corrected chi connectivity index (χ0v) is 21.1. The van der Waals surface area contributed by atoms with Crippen molar-refractivity contribution in [1.82, 2.24) is 25.8 Å². The van der Waals surface area contributed by atoms with Gasteiger partial charge in [0.15, 0.2) is 5.13 Å². The van der Waals surface area contributed by atoms with Gasteiger partial charge in [-0.25, -0.2) is 9.78 Å². The lowest BCUT2D eigenvalue weighted by molar-refractivity contribution is -0.136. The van der Waals surface area contributed by atoms with Gasteiger partial charge in [-0.15, -0.1) is 0 Å². The van der Waals surface area contributed by atoms with Gasteiger partial charge in [0.1, 0.15) is 12.1 Å². The van der Waals surface area contributed by atoms with Crippen molar-refractivity contribution in [3.8, 4) is 0 Å². The van der Waals surface area contributed by atoms with Gasteiger partial charge in [-0.3, -0.25) is 20.5 Å². The van der Waals surface area contributed by atoms with Crippen LogP contribution in [0.2, 0.25) is 0 Å². The fourth-order valence-corrected chi connectivity index (χ4v) is 4.24. The molecule has 1 aromatic carbocycles. The standard InChI is InChI=1S/C22H22ClF3N6O4S/c1-10(7-14(11(2)23)28-20(35)36-6-5-33)31-21(3,4)18(34)30-19-29-16-13(22(24,25)26)8-15-12(9-27-32-15)17(16)37-19/h7-9,31,33H,1-2,5-6H2,3-4H3,(H,27,32)(H,28,35)(H,29,30,34)/b14-7+. The van der Waals surface area contributed by atoms with Gasteiger partial charge in [0.2, 0.25) is 0 Å². The number of hydrogen-bond donors (Lipinski definition) is 5. The fourth-order valence-electron chi connectivity index (χ4n) is 3.14. The second-order valence-electron chi connectivity index (χ2n) is 8.13. The number of H-pyrrole nitrogens is 1. The number of anilines is 1. The van der Waals surface area contributed by atoms with E-state index in [1.165, 1.54) is 26.1 Å². The van der Waals surface area contributed by atoms with Crippen molar-refractivity contribution < 1.29 is 32.6 Å². The highest BCUT2D eigenvalue weighted by molar-refractivity contribution is 7.23. The van der Waals surface area contributed by atoms with E-state index in [0.717, 1.165) is 17.4 Å². The first-order chi connectivity index (χ1) is 17.2. The van der Waals surface area contributed by atoms with Gasteiger partial charge < -0.3 is 15.2 Å². The molecule has 2 heterocycles. The van der Waals surface area contributed by atoms with E-state index in [2.05, 4.69) is 44.3 Å². The van der Waals surface area contributed by atoms with Crippen LogP contribution in [0.4, 0.5) is 23.1 Å². The van der Waals surface area contributed by atoms with Crippen molar-refractivity contribution in [2.24, 2.45) is 0 Å². The van der Waals surface area contributed by atoms with Gasteiger partial charge in [-0.2, -0.15) is 18.3 Å². The average Bonchev–Trinajstić information content (AvgIpc) is 3.41. The minimum absolute atomic E-state index is 0.0216. The molecule has 3 aromatic rings. The number of rotatable bonds is 9. The highest BCUT2D eigenvalue weighted by atomic mass is 35.5. The number of nitrogens with zero attached hydrogens (tertiary/aromatic N) is 2. The molecule has 198 valence electrons. The van der Waals surface area contributed by atoms with E-state index >= 15 is 0 Å². The molecule has 0 aliphatic rings. The van der Waals surface area contributed by atoms with Gasteiger partial charge in [-0.1, -0.05) is 36.1 Å². The maximum atomic E-state index is 13.6. The van der Waals surface area contributed by atoms with E-state index in [0.29, 0.717) is 5.39 Å². The Bertz CT molecular complexity index is 1410. The molecule has 0 radical (unpaired) electrons. The summed E-state index contributed by atoms with van der Waals surface area (Å²) in [5, 5.41) is 23.1. The van der Waals surface area contributed by atoms with E-state index in [1.807, 2.05) is 0 Å². The molecule has 0 atom stereocenters. The summed E-state index contributed by atoms with van der Waals surface area (Å²) in [5.41, 5.74) is -2.23. The minimum Gasteiger partial charge on any atom is -0.447 e. The predicted octanol–water partition coefficient (Wildman–Crippen LogP) is 4.37. The van der Waals surface area contributed by atoms with Crippen molar-refractivity contribution in [3.05, 3.63) is 53.5 Å². The Kier molecular flexibility index (Phi) is 8.15. The third-order valence-corrected chi connectivity index (χ3v) is 6.03. The first kappa shape index (κ1) is 28.0. The fraction of sp³-hybridized carbons (Fsp3) is 0.273. The van der Waals surface area contributed by atoms with Gasteiger partial charge in [0.25, 0.3) is 5.91 Å². The molecule has 0 saturated carbocycles. The number of halogens is 4. The van der Waals surface area contributed by atoms with Crippen LogP contribution >= 0.6 is 22.9 Å². The highest BCUT2D eigenvalue weighted by Crippen LogP contribution is 2.41. The molecular weight excluding hydrogens is 537 g/mol. The quantitative estimate of drug-likeness (QED) is 0.246. The molecule has 37 heavy (non-hydrogen) atoms. The van der Waals surface area contributed by atoms with Crippen LogP contribution in [0.3, 0.4) is 0 Å². The summed E-state index contributed by atoms with van der Waals surface area (Å²) in [4.78, 5) is 28.8. The number of ether oxygens (including phenoxy) is 1. The molecule has 15 heteroatoms. The average molecular weight is 559 g/mol. The first-order valence-electron chi connectivity index (χ1n) is 10.5. The van der Waals surface area contributed by atoms with Gasteiger partial charge in [-0.05, 0) is 26.0 Å². The number of benzene rings is 1. The summed E-state index contributed by atoms with van der Waals surface area (Å²) in [6.45, 7) is 9.70. The van der Waals surface area contributed by atoms with E-state index in [-0.39, 0.29) is 50.5 Å². The van der Waals surface area contributed by atoms with Crippen molar-refractivity contribution in [2.45, 2.75) is 25.6 Å². The lowest BCUT2D eigenvalue weighted by atomic mass is 10.0. The van der Waals surface area contributed by atoms with Crippen LogP contribution < -0.4 is 16.0 Å². The van der Waals surface area contributed by atoms with E-state index in [1.54, 1.807) is 0 Å². The summed E-state index contributed by atoms with van der Waals surface area (Å²) in [7, 11) is 0. The monoisotopic (exact) mass is 558 g/mol. The van der Waals surface area contributed by atoms with Crippen molar-refractivity contribution >= 4 is 61.2 Å². The third kappa shape index (κ3) is 6.58. The number of thiazole rings is 1. The molecule has 0 aliphatic heterocycles. The Morgan fingerprint density at radius 3 is 2.65 bits per heavy atom. The topological polar surface area (TPSA) is 141 Å². The summed E-state index contributed by atoms with van der Waals surface area (Å²) in [6, 6.07) is 0.924. The van der Waals surface area contributed by atoms with Crippen LogP contribution in [0, 0.1) is 0 Å². The Morgan fingerprint density at radius 2 is 2.03 bits per heavy atom. The molecular formula is C22H22ClF3N6O4S. The van der Waals surface area contributed by atoms with Crippen LogP contribution in [-0.2, 0) is 15.7 Å². The predicted molar refractivity (Wildman–Crippen MR) is 134 cm³/mol. The van der Waals surface area contributed by atoms with Crippen LogP contribution in [0.5, 0.6) is 0 Å². The Hall–Kier alpha value is -3.62. The van der Waals surface area contributed by atoms with Gasteiger partial charge >= 0.3 is 12.3 Å². The number of aromatic nitrogens is 3. The summed E-state index contributed by atoms with van der Waals surface area (Å²) in [5.74, 6) is -0.625. The van der Waals surface area contributed by atoms with Crippen LogP contribution in [0.1, 0.15) is 19.4 Å². The minimum atomic E-state index is -4.67. The molecule has 0 saturated heterocycles. The second kappa shape index (κ2) is 10.8. The normalized spacial score (nSPS) is 12.5. The molecule has 0 aliphatic carbocycles. The molecule has 5 N–H and O–H groups in total. The number of hydrogen-bond acceptors (Lipinski definition) is 8. The van der Waals surface area contributed by atoms with Gasteiger partial charge in [0.05, 0.1) is 44.8 Å².